The van der Waals surface area contributed by atoms with Crippen molar-refractivity contribution in [2.45, 2.75) is 5.92 Å². The molecule has 3 heteroatoms. The van der Waals surface area contributed by atoms with Gasteiger partial charge in [0, 0.05) is 54.2 Å². The zero-order valence-corrected chi connectivity index (χ0v) is 23.7. The Labute approximate surface area is 236 Å². The minimum atomic E-state index is -0.766. The molecule has 2 aromatic heterocycles. The lowest BCUT2D eigenvalue weighted by atomic mass is 9.84. The Morgan fingerprint density at radius 2 is 0.875 bits per heavy atom. The second kappa shape index (κ2) is 10.3. The summed E-state index contributed by atoms with van der Waals surface area (Å²) < 4.78 is 4.56. The van der Waals surface area contributed by atoms with E-state index in [0.717, 1.165) is 0 Å². The Morgan fingerprint density at radius 3 is 1.40 bits per heavy atom. The number of nitrogens with zero attached hydrogens (tertiary/aromatic N) is 2. The van der Waals surface area contributed by atoms with E-state index in [0.29, 0.717) is 0 Å². The summed E-state index contributed by atoms with van der Waals surface area (Å²) in [4.78, 5) is 0. The van der Waals surface area contributed by atoms with Crippen LogP contribution in [0.5, 0.6) is 0 Å². The van der Waals surface area contributed by atoms with Gasteiger partial charge in [-0.1, -0.05) is 121 Å². The molecule has 0 fully saturated rings. The van der Waals surface area contributed by atoms with Crippen molar-refractivity contribution < 1.29 is 0 Å². The number of aromatic nitrogens is 2. The van der Waals surface area contributed by atoms with E-state index in [-0.39, 0.29) is 5.92 Å². The second-order valence-corrected chi connectivity index (χ2v) is 12.6. The number of fused-ring (bicyclic) bond motifs is 2. The van der Waals surface area contributed by atoms with Crippen LogP contribution >= 0.6 is 7.92 Å². The van der Waals surface area contributed by atoms with Gasteiger partial charge >= 0.3 is 0 Å². The summed E-state index contributed by atoms with van der Waals surface area (Å²) in [7, 11) is 3.56. The van der Waals surface area contributed by atoms with E-state index >= 15 is 0 Å². The third-order valence-electron chi connectivity index (χ3n) is 8.00. The van der Waals surface area contributed by atoms with Crippen molar-refractivity contribution in [3.05, 3.63) is 163 Å². The fraction of sp³-hybridized carbons (Fsp3) is 0.0811. The van der Waals surface area contributed by atoms with Gasteiger partial charge in [0.25, 0.3) is 0 Å². The van der Waals surface area contributed by atoms with Crippen LogP contribution < -0.4 is 15.9 Å². The lowest BCUT2D eigenvalue weighted by Gasteiger charge is -2.27. The SMILES string of the molecule is Cn1cc(C(c2ccccc2P(c2ccccc2)c2ccccc2)c2cn(C)c3ccccc23)c2ccccc21. The summed E-state index contributed by atoms with van der Waals surface area (Å²) in [5, 5.41) is 6.75. The highest BCUT2D eigenvalue weighted by molar-refractivity contribution is 7.79. The molecule has 0 aliphatic carbocycles. The van der Waals surface area contributed by atoms with Crippen LogP contribution in [0, 0.1) is 0 Å². The molecule has 0 amide bonds. The maximum Gasteiger partial charge on any atom is 0.0480 e. The van der Waals surface area contributed by atoms with Gasteiger partial charge in [0.1, 0.15) is 0 Å². The highest BCUT2D eigenvalue weighted by Crippen LogP contribution is 2.44. The van der Waals surface area contributed by atoms with Gasteiger partial charge in [0.15, 0.2) is 0 Å². The lowest BCUT2D eigenvalue weighted by Crippen LogP contribution is -2.25. The van der Waals surface area contributed by atoms with E-state index in [9.17, 15) is 0 Å². The molecule has 5 aromatic carbocycles. The zero-order chi connectivity index (χ0) is 27.1. The molecule has 2 nitrogen and oxygen atoms in total. The maximum absolute atomic E-state index is 2.37. The molecule has 194 valence electrons. The van der Waals surface area contributed by atoms with E-state index < -0.39 is 7.92 Å². The molecule has 0 atom stereocenters. The Hall–Kier alpha value is -4.39. The number of rotatable bonds is 6. The van der Waals surface area contributed by atoms with Gasteiger partial charge in [-0.3, -0.25) is 0 Å². The third-order valence-corrected chi connectivity index (χ3v) is 10.5. The Kier molecular flexibility index (Phi) is 6.34. The number of hydrogen-bond donors (Lipinski definition) is 0. The van der Waals surface area contributed by atoms with Crippen LogP contribution in [0.25, 0.3) is 21.8 Å². The van der Waals surface area contributed by atoms with Crippen molar-refractivity contribution in [1.82, 2.24) is 9.13 Å². The first-order valence-electron chi connectivity index (χ1n) is 13.8. The summed E-state index contributed by atoms with van der Waals surface area (Å²) in [6.45, 7) is 0. The highest BCUT2D eigenvalue weighted by atomic mass is 31.1. The van der Waals surface area contributed by atoms with Crippen molar-refractivity contribution in [3.63, 3.8) is 0 Å². The Bertz CT molecular complexity index is 1810. The molecule has 0 saturated heterocycles. The molecule has 0 aliphatic rings. The topological polar surface area (TPSA) is 9.86 Å². The third kappa shape index (κ3) is 4.17. The summed E-state index contributed by atoms with van der Waals surface area (Å²) >= 11 is 0. The number of aryl methyl sites for hydroxylation is 2. The Balaban J connectivity index is 1.55. The van der Waals surface area contributed by atoms with Gasteiger partial charge in [-0.2, -0.15) is 0 Å². The molecular weight excluding hydrogens is 503 g/mol. The van der Waals surface area contributed by atoms with Gasteiger partial charge in [-0.05, 0) is 52.7 Å². The van der Waals surface area contributed by atoms with Crippen molar-refractivity contribution in [2.75, 3.05) is 0 Å². The predicted molar refractivity (Wildman–Crippen MR) is 172 cm³/mol. The minimum Gasteiger partial charge on any atom is -0.350 e. The van der Waals surface area contributed by atoms with Gasteiger partial charge in [0.2, 0.25) is 0 Å². The molecular formula is C37H31N2P. The van der Waals surface area contributed by atoms with Crippen molar-refractivity contribution in [1.29, 1.82) is 0 Å². The number of para-hydroxylation sites is 2. The quantitative estimate of drug-likeness (QED) is 0.194. The number of hydrogen-bond acceptors (Lipinski definition) is 0. The van der Waals surface area contributed by atoms with Gasteiger partial charge in [0.05, 0.1) is 0 Å². The number of benzene rings is 5. The maximum atomic E-state index is 2.37. The molecule has 0 unspecified atom stereocenters. The zero-order valence-electron chi connectivity index (χ0n) is 22.8. The van der Waals surface area contributed by atoms with Crippen molar-refractivity contribution in [2.24, 2.45) is 14.1 Å². The molecule has 40 heavy (non-hydrogen) atoms. The summed E-state index contributed by atoms with van der Waals surface area (Å²) in [5.74, 6) is 0.0748. The smallest absolute Gasteiger partial charge is 0.0480 e. The van der Waals surface area contributed by atoms with Crippen LogP contribution in [0.3, 0.4) is 0 Å². The minimum absolute atomic E-state index is 0.0748. The fourth-order valence-electron chi connectivity index (χ4n) is 6.23. The van der Waals surface area contributed by atoms with Crippen LogP contribution in [0.1, 0.15) is 22.6 Å². The monoisotopic (exact) mass is 534 g/mol. The van der Waals surface area contributed by atoms with Crippen molar-refractivity contribution >= 4 is 45.6 Å². The molecule has 0 saturated carbocycles. The molecule has 7 rings (SSSR count). The lowest BCUT2D eigenvalue weighted by molar-refractivity contribution is 0.915. The van der Waals surface area contributed by atoms with E-state index in [1.807, 2.05) is 0 Å². The highest BCUT2D eigenvalue weighted by Gasteiger charge is 2.29. The summed E-state index contributed by atoms with van der Waals surface area (Å²) in [6, 6.07) is 48.9. The first-order chi connectivity index (χ1) is 19.7. The fourth-order valence-corrected chi connectivity index (χ4v) is 8.72. The van der Waals surface area contributed by atoms with E-state index in [2.05, 4.69) is 169 Å². The largest absolute Gasteiger partial charge is 0.350 e. The first-order valence-corrected chi connectivity index (χ1v) is 15.1. The van der Waals surface area contributed by atoms with E-state index in [1.165, 1.54) is 54.4 Å². The van der Waals surface area contributed by atoms with Crippen LogP contribution in [0.2, 0.25) is 0 Å². The average molecular weight is 535 g/mol. The molecule has 0 aliphatic heterocycles. The molecule has 0 radical (unpaired) electrons. The molecule has 0 N–H and O–H groups in total. The summed E-state index contributed by atoms with van der Waals surface area (Å²) in [5.41, 5.74) is 6.58. The summed E-state index contributed by atoms with van der Waals surface area (Å²) in [6.07, 6.45) is 4.70. The van der Waals surface area contributed by atoms with Crippen LogP contribution in [-0.4, -0.2) is 9.13 Å². The standard InChI is InChI=1S/C37H31N2P/c1-38-25-32(29-19-9-12-22-34(29)38)37(33-26-39(2)35-23-13-10-20-30(33)35)31-21-11-14-24-36(31)40(27-15-5-3-6-16-27)28-17-7-4-8-18-28/h3-26,37H,1-2H3. The molecule has 2 heterocycles. The van der Waals surface area contributed by atoms with E-state index in [1.54, 1.807) is 0 Å². The van der Waals surface area contributed by atoms with Gasteiger partial charge in [-0.25, -0.2) is 0 Å². The van der Waals surface area contributed by atoms with Crippen LogP contribution in [0.4, 0.5) is 0 Å². The van der Waals surface area contributed by atoms with Gasteiger partial charge < -0.3 is 9.13 Å². The molecule has 0 spiro atoms. The molecule has 0 bridgehead atoms. The second-order valence-electron chi connectivity index (χ2n) is 10.4. The average Bonchev–Trinajstić information content (AvgIpc) is 3.52. The van der Waals surface area contributed by atoms with Crippen molar-refractivity contribution in [3.8, 4) is 0 Å². The normalized spacial score (nSPS) is 11.7. The van der Waals surface area contributed by atoms with Crippen LogP contribution in [-0.2, 0) is 14.1 Å². The predicted octanol–water partition coefficient (Wildman–Crippen LogP) is 7.61. The Morgan fingerprint density at radius 1 is 0.450 bits per heavy atom. The molecule has 7 aromatic rings. The van der Waals surface area contributed by atoms with Gasteiger partial charge in [-0.15, -0.1) is 0 Å². The first kappa shape index (κ1) is 24.6. The van der Waals surface area contributed by atoms with E-state index in [4.69, 9.17) is 0 Å². The van der Waals surface area contributed by atoms with Crippen LogP contribution in [0.15, 0.2) is 146 Å².